The average molecular weight is 340 g/mol. The predicted molar refractivity (Wildman–Crippen MR) is 90.7 cm³/mol. The van der Waals surface area contributed by atoms with Crippen LogP contribution in [0.3, 0.4) is 0 Å². The molecule has 7 heteroatoms. The summed E-state index contributed by atoms with van der Waals surface area (Å²) in [5.74, 6) is -1.14. The molecule has 3 rings (SSSR count). The van der Waals surface area contributed by atoms with Crippen LogP contribution in [0.4, 0.5) is 4.39 Å². The van der Waals surface area contributed by atoms with Gasteiger partial charge in [0, 0.05) is 13.1 Å². The van der Waals surface area contributed by atoms with Gasteiger partial charge in [-0.15, -0.1) is 0 Å². The van der Waals surface area contributed by atoms with Crippen molar-refractivity contribution in [1.29, 1.82) is 0 Å². The molecule has 2 aromatic carbocycles. The summed E-state index contributed by atoms with van der Waals surface area (Å²) in [7, 11) is 0. The Hall–Kier alpha value is -3.19. The number of aromatic hydroxyl groups is 1. The third-order valence-corrected chi connectivity index (χ3v) is 3.78. The van der Waals surface area contributed by atoms with E-state index in [1.807, 2.05) is 24.3 Å². The first-order valence-electron chi connectivity index (χ1n) is 7.68. The number of benzene rings is 2. The molecule has 0 atom stereocenters. The topological polar surface area (TPSA) is 93.2 Å². The van der Waals surface area contributed by atoms with Gasteiger partial charge in [0.1, 0.15) is 5.82 Å². The van der Waals surface area contributed by atoms with E-state index in [4.69, 9.17) is 5.73 Å². The first-order valence-corrected chi connectivity index (χ1v) is 7.68. The van der Waals surface area contributed by atoms with Crippen LogP contribution in [0, 0.1) is 5.82 Å². The smallest absolute Gasteiger partial charge is 0.275 e. The second kappa shape index (κ2) is 7.14. The lowest BCUT2D eigenvalue weighted by molar-refractivity contribution is 0.0943. The van der Waals surface area contributed by atoms with Crippen LogP contribution in [0.2, 0.25) is 0 Å². The van der Waals surface area contributed by atoms with E-state index in [9.17, 15) is 14.3 Å². The molecule has 0 spiro atoms. The van der Waals surface area contributed by atoms with Crippen molar-refractivity contribution < 1.29 is 14.3 Å². The molecule has 1 aromatic heterocycles. The largest absolute Gasteiger partial charge is 0.504 e. The summed E-state index contributed by atoms with van der Waals surface area (Å²) in [6, 6.07) is 13.1. The molecular weight excluding hydrogens is 323 g/mol. The molecule has 0 saturated carbocycles. The molecule has 0 aliphatic rings. The number of hydrogen-bond donors (Lipinski definition) is 3. The molecule has 0 unspecified atom stereocenters. The first-order chi connectivity index (χ1) is 12.1. The Labute approximate surface area is 143 Å². The number of amides is 1. The Morgan fingerprint density at radius 1 is 1.16 bits per heavy atom. The van der Waals surface area contributed by atoms with E-state index in [2.05, 4.69) is 10.4 Å². The van der Waals surface area contributed by atoms with Crippen LogP contribution < -0.4 is 11.1 Å². The minimum atomic E-state index is -0.509. The van der Waals surface area contributed by atoms with E-state index in [1.54, 1.807) is 0 Å². The maximum absolute atomic E-state index is 13.0. The number of nitrogens with two attached hydrogens (primary N) is 1. The monoisotopic (exact) mass is 340 g/mol. The molecule has 0 fully saturated rings. The highest BCUT2D eigenvalue weighted by Gasteiger charge is 2.17. The van der Waals surface area contributed by atoms with Crippen LogP contribution in [0.25, 0.3) is 5.69 Å². The summed E-state index contributed by atoms with van der Waals surface area (Å²) >= 11 is 0. The Kier molecular flexibility index (Phi) is 4.76. The first kappa shape index (κ1) is 16.7. The molecule has 0 aliphatic heterocycles. The van der Waals surface area contributed by atoms with Gasteiger partial charge in [0.25, 0.3) is 5.91 Å². The summed E-state index contributed by atoms with van der Waals surface area (Å²) in [5, 5.41) is 16.8. The fourth-order valence-corrected chi connectivity index (χ4v) is 2.44. The molecule has 4 N–H and O–H groups in total. The van der Waals surface area contributed by atoms with E-state index in [1.165, 1.54) is 35.1 Å². The zero-order valence-corrected chi connectivity index (χ0v) is 13.3. The second-order valence-electron chi connectivity index (χ2n) is 5.44. The maximum atomic E-state index is 13.0. The van der Waals surface area contributed by atoms with E-state index < -0.39 is 5.91 Å². The van der Waals surface area contributed by atoms with Crippen molar-refractivity contribution in [3.8, 4) is 11.4 Å². The lowest BCUT2D eigenvalue weighted by atomic mass is 10.1. The van der Waals surface area contributed by atoms with Gasteiger partial charge in [-0.3, -0.25) is 4.79 Å². The zero-order chi connectivity index (χ0) is 17.8. The lowest BCUT2D eigenvalue weighted by Crippen LogP contribution is -2.24. The number of rotatable bonds is 5. The SMILES string of the molecule is NCc1ccccc1CNC(=O)c1nn(-c2ccc(F)cc2)cc1O. The van der Waals surface area contributed by atoms with Gasteiger partial charge < -0.3 is 16.2 Å². The third-order valence-electron chi connectivity index (χ3n) is 3.78. The van der Waals surface area contributed by atoms with Crippen LogP contribution in [0.5, 0.6) is 5.75 Å². The minimum absolute atomic E-state index is 0.102. The quantitative estimate of drug-likeness (QED) is 0.663. The minimum Gasteiger partial charge on any atom is -0.504 e. The van der Waals surface area contributed by atoms with Crippen molar-refractivity contribution in [3.63, 3.8) is 0 Å². The van der Waals surface area contributed by atoms with E-state index >= 15 is 0 Å². The van der Waals surface area contributed by atoms with Gasteiger partial charge in [0.15, 0.2) is 11.4 Å². The van der Waals surface area contributed by atoms with Gasteiger partial charge >= 0.3 is 0 Å². The van der Waals surface area contributed by atoms with Crippen molar-refractivity contribution in [1.82, 2.24) is 15.1 Å². The molecule has 0 saturated heterocycles. The van der Waals surface area contributed by atoms with E-state index in [0.29, 0.717) is 12.2 Å². The molecule has 6 nitrogen and oxygen atoms in total. The van der Waals surface area contributed by atoms with Crippen LogP contribution in [-0.2, 0) is 13.1 Å². The molecule has 3 aromatic rings. The van der Waals surface area contributed by atoms with Gasteiger partial charge in [-0.2, -0.15) is 5.10 Å². The molecule has 0 radical (unpaired) electrons. The third kappa shape index (κ3) is 3.67. The standard InChI is InChI=1S/C18H17FN4O2/c19-14-5-7-15(8-6-14)23-11-16(24)17(22-23)18(25)21-10-13-4-2-1-3-12(13)9-20/h1-8,11,24H,9-10,20H2,(H,21,25). The lowest BCUT2D eigenvalue weighted by Gasteiger charge is -2.08. The normalized spacial score (nSPS) is 10.6. The molecule has 1 heterocycles. The Balaban J connectivity index is 1.75. The molecular formula is C18H17FN4O2. The van der Waals surface area contributed by atoms with Crippen molar-refractivity contribution in [2.24, 2.45) is 5.73 Å². The summed E-state index contributed by atoms with van der Waals surface area (Å²) in [4.78, 5) is 12.3. The van der Waals surface area contributed by atoms with E-state index in [0.717, 1.165) is 11.1 Å². The van der Waals surface area contributed by atoms with Crippen LogP contribution in [-0.4, -0.2) is 20.8 Å². The summed E-state index contributed by atoms with van der Waals surface area (Å²) in [5.41, 5.74) is 7.94. The highest BCUT2D eigenvalue weighted by molar-refractivity contribution is 5.94. The molecule has 25 heavy (non-hydrogen) atoms. The van der Waals surface area contributed by atoms with Crippen LogP contribution in [0.15, 0.2) is 54.7 Å². The summed E-state index contributed by atoms with van der Waals surface area (Å²) in [6.45, 7) is 0.644. The number of aromatic nitrogens is 2. The maximum Gasteiger partial charge on any atom is 0.275 e. The highest BCUT2D eigenvalue weighted by atomic mass is 19.1. The van der Waals surface area contributed by atoms with Gasteiger partial charge in [-0.1, -0.05) is 24.3 Å². The number of carbonyl (C=O) groups is 1. The predicted octanol–water partition coefficient (Wildman–Crippen LogP) is 2.11. The molecule has 0 aliphatic carbocycles. The van der Waals surface area contributed by atoms with E-state index in [-0.39, 0.29) is 23.8 Å². The fourth-order valence-electron chi connectivity index (χ4n) is 2.44. The number of hydrogen-bond acceptors (Lipinski definition) is 4. The Morgan fingerprint density at radius 3 is 2.52 bits per heavy atom. The molecule has 128 valence electrons. The Morgan fingerprint density at radius 2 is 1.84 bits per heavy atom. The van der Waals surface area contributed by atoms with Gasteiger partial charge in [0.2, 0.25) is 0 Å². The highest BCUT2D eigenvalue weighted by Crippen LogP contribution is 2.18. The summed E-state index contributed by atoms with van der Waals surface area (Å²) < 4.78 is 14.3. The van der Waals surface area contributed by atoms with Crippen LogP contribution in [0.1, 0.15) is 21.6 Å². The van der Waals surface area contributed by atoms with Crippen molar-refractivity contribution in [2.45, 2.75) is 13.1 Å². The van der Waals surface area contributed by atoms with Gasteiger partial charge in [0.05, 0.1) is 11.9 Å². The van der Waals surface area contributed by atoms with Crippen molar-refractivity contribution in [3.05, 3.63) is 77.4 Å². The van der Waals surface area contributed by atoms with Crippen molar-refractivity contribution in [2.75, 3.05) is 0 Å². The molecule has 1 amide bonds. The van der Waals surface area contributed by atoms with Gasteiger partial charge in [-0.05, 0) is 35.4 Å². The number of halogens is 1. The number of carbonyl (C=O) groups excluding carboxylic acids is 1. The molecule has 0 bridgehead atoms. The average Bonchev–Trinajstić information content (AvgIpc) is 3.02. The number of nitrogens with one attached hydrogen (secondary N) is 1. The summed E-state index contributed by atoms with van der Waals surface area (Å²) in [6.07, 6.45) is 1.30. The Bertz CT molecular complexity index is 890. The van der Waals surface area contributed by atoms with Gasteiger partial charge in [-0.25, -0.2) is 9.07 Å². The second-order valence-corrected chi connectivity index (χ2v) is 5.44. The number of nitrogens with zero attached hydrogens (tertiary/aromatic N) is 2. The van der Waals surface area contributed by atoms with Crippen molar-refractivity contribution >= 4 is 5.91 Å². The fraction of sp³-hybridized carbons (Fsp3) is 0.111. The zero-order valence-electron chi connectivity index (χ0n) is 13.3. The van der Waals surface area contributed by atoms with Crippen LogP contribution >= 0.6 is 0 Å².